The number of ether oxygens (including phenoxy) is 1. The molecule has 3 aromatic rings. The number of rotatable bonds is 3. The number of nitrogens with one attached hydrogen (secondary N) is 1. The number of hydrogen-bond acceptors (Lipinski definition) is 4. The molecule has 7 heteroatoms. The molecule has 0 bridgehead atoms. The lowest BCUT2D eigenvalue weighted by Gasteiger charge is -2.15. The number of carbonyl (C=O) groups is 1. The highest BCUT2D eigenvalue weighted by Gasteiger charge is 2.25. The average molecular weight is 375 g/mol. The van der Waals surface area contributed by atoms with Gasteiger partial charge in [-0.1, -0.05) is 31.5 Å². The van der Waals surface area contributed by atoms with Crippen molar-refractivity contribution in [3.05, 3.63) is 57.2 Å². The van der Waals surface area contributed by atoms with Crippen LogP contribution in [0, 0.1) is 18.7 Å². The van der Waals surface area contributed by atoms with Crippen LogP contribution >= 0.6 is 11.6 Å². The Morgan fingerprint density at radius 3 is 2.69 bits per heavy atom. The van der Waals surface area contributed by atoms with Crippen LogP contribution in [0.25, 0.3) is 22.2 Å². The molecule has 0 aliphatic rings. The lowest BCUT2D eigenvalue weighted by molar-refractivity contribution is -0.137. The van der Waals surface area contributed by atoms with Crippen molar-refractivity contribution in [2.24, 2.45) is 5.92 Å². The molecule has 1 N–H and O–H groups in total. The lowest BCUT2D eigenvalue weighted by atomic mass is 10.0. The molecule has 0 aliphatic carbocycles. The molecule has 0 unspecified atom stereocenters. The van der Waals surface area contributed by atoms with Crippen LogP contribution in [0.1, 0.15) is 19.4 Å². The van der Waals surface area contributed by atoms with Crippen molar-refractivity contribution in [2.45, 2.75) is 20.8 Å². The Kier molecular flexibility index (Phi) is 4.78. The molecule has 0 amide bonds. The van der Waals surface area contributed by atoms with Crippen molar-refractivity contribution in [2.75, 3.05) is 0 Å². The number of aryl methyl sites for hydroxylation is 1. The molecular weight excluding hydrogens is 359 g/mol. The number of halogens is 2. The minimum Gasteiger partial charge on any atom is -0.425 e. The first kappa shape index (κ1) is 18.1. The zero-order valence-corrected chi connectivity index (χ0v) is 15.1. The number of aromatic nitrogens is 2. The monoisotopic (exact) mass is 374 g/mol. The molecule has 0 aliphatic heterocycles. The van der Waals surface area contributed by atoms with Crippen molar-refractivity contribution >= 4 is 28.6 Å². The van der Waals surface area contributed by atoms with Gasteiger partial charge >= 0.3 is 5.97 Å². The van der Waals surface area contributed by atoms with Crippen LogP contribution in [0.15, 0.2) is 35.3 Å². The van der Waals surface area contributed by atoms with Crippen LogP contribution < -0.4 is 10.3 Å². The molecule has 0 radical (unpaired) electrons. The second-order valence-electron chi connectivity index (χ2n) is 6.19. The molecule has 134 valence electrons. The summed E-state index contributed by atoms with van der Waals surface area (Å²) in [4.78, 5) is 31.6. The van der Waals surface area contributed by atoms with Gasteiger partial charge in [0.2, 0.25) is 0 Å². The van der Waals surface area contributed by atoms with Crippen molar-refractivity contribution in [3.8, 4) is 16.9 Å². The first-order valence-corrected chi connectivity index (χ1v) is 8.36. The number of H-pyrrole nitrogens is 1. The quantitative estimate of drug-likeness (QED) is 0.695. The van der Waals surface area contributed by atoms with Gasteiger partial charge in [0.1, 0.15) is 11.5 Å². The fraction of sp³-hybridized carbons (Fsp3) is 0.211. The third kappa shape index (κ3) is 3.08. The standard InChI is InChI=1S/C19H16ClFN2O3/c1-9(2)19(25)26-16-11-5-4-8-22-17(11)23-18(24)14(16)13-12(21)7-6-10(3)15(13)20/h4-9H,1-3H3,(H,22,23,24). The van der Waals surface area contributed by atoms with E-state index < -0.39 is 23.3 Å². The smallest absolute Gasteiger partial charge is 0.313 e. The number of pyridine rings is 2. The van der Waals surface area contributed by atoms with E-state index in [1.807, 2.05) is 0 Å². The predicted octanol–water partition coefficient (Wildman–Crippen LogP) is 4.25. The molecule has 0 fully saturated rings. The maximum Gasteiger partial charge on any atom is 0.313 e. The second-order valence-corrected chi connectivity index (χ2v) is 6.56. The van der Waals surface area contributed by atoms with Gasteiger partial charge in [-0.25, -0.2) is 9.37 Å². The van der Waals surface area contributed by atoms with Crippen LogP contribution in [0.4, 0.5) is 4.39 Å². The number of hydrogen-bond donors (Lipinski definition) is 1. The van der Waals surface area contributed by atoms with Gasteiger partial charge in [-0.15, -0.1) is 0 Å². The van der Waals surface area contributed by atoms with Gasteiger partial charge in [0.05, 0.1) is 21.9 Å². The topological polar surface area (TPSA) is 72.0 Å². The van der Waals surface area contributed by atoms with E-state index in [0.717, 1.165) is 0 Å². The maximum absolute atomic E-state index is 14.6. The molecule has 26 heavy (non-hydrogen) atoms. The number of carbonyl (C=O) groups excluding carboxylic acids is 1. The fourth-order valence-corrected chi connectivity index (χ4v) is 2.78. The number of nitrogens with zero attached hydrogens (tertiary/aromatic N) is 1. The Labute approximate surface area is 153 Å². The Hall–Kier alpha value is -2.73. The zero-order chi connectivity index (χ0) is 19.0. The van der Waals surface area contributed by atoms with Crippen molar-refractivity contribution in [1.29, 1.82) is 0 Å². The normalized spacial score (nSPS) is 11.2. The van der Waals surface area contributed by atoms with E-state index in [1.54, 1.807) is 32.9 Å². The van der Waals surface area contributed by atoms with Gasteiger partial charge in [0.25, 0.3) is 5.56 Å². The summed E-state index contributed by atoms with van der Waals surface area (Å²) >= 11 is 6.28. The van der Waals surface area contributed by atoms with Gasteiger partial charge in [-0.3, -0.25) is 9.59 Å². The van der Waals surface area contributed by atoms with Crippen molar-refractivity contribution in [3.63, 3.8) is 0 Å². The maximum atomic E-state index is 14.6. The summed E-state index contributed by atoms with van der Waals surface area (Å²) in [6.07, 6.45) is 1.49. The van der Waals surface area contributed by atoms with E-state index in [2.05, 4.69) is 9.97 Å². The van der Waals surface area contributed by atoms with Gasteiger partial charge in [0.15, 0.2) is 5.75 Å². The average Bonchev–Trinajstić information content (AvgIpc) is 2.60. The SMILES string of the molecule is Cc1ccc(F)c(-c2c(OC(=O)C(C)C)c3cccnc3[nH]c2=O)c1Cl. The third-order valence-electron chi connectivity index (χ3n) is 3.95. The number of fused-ring (bicyclic) bond motifs is 1. The first-order chi connectivity index (χ1) is 12.3. The summed E-state index contributed by atoms with van der Waals surface area (Å²) in [5.41, 5.74) is -0.0584. The molecule has 0 spiro atoms. The Morgan fingerprint density at radius 1 is 1.27 bits per heavy atom. The van der Waals surface area contributed by atoms with Crippen molar-refractivity contribution in [1.82, 2.24) is 9.97 Å². The highest BCUT2D eigenvalue weighted by Crippen LogP contribution is 2.39. The highest BCUT2D eigenvalue weighted by atomic mass is 35.5. The van der Waals surface area contributed by atoms with Crippen LogP contribution in [0.5, 0.6) is 5.75 Å². The van der Waals surface area contributed by atoms with E-state index in [4.69, 9.17) is 16.3 Å². The van der Waals surface area contributed by atoms with E-state index in [0.29, 0.717) is 10.9 Å². The van der Waals surface area contributed by atoms with E-state index in [9.17, 15) is 14.0 Å². The summed E-state index contributed by atoms with van der Waals surface area (Å²) in [6.45, 7) is 5.02. The van der Waals surface area contributed by atoms with Gasteiger partial charge in [0, 0.05) is 11.8 Å². The summed E-state index contributed by atoms with van der Waals surface area (Å²) in [7, 11) is 0. The Morgan fingerprint density at radius 2 is 2.00 bits per heavy atom. The summed E-state index contributed by atoms with van der Waals surface area (Å²) in [6, 6.07) is 5.99. The van der Waals surface area contributed by atoms with E-state index in [-0.39, 0.29) is 27.5 Å². The molecule has 3 rings (SSSR count). The molecule has 1 aromatic carbocycles. The molecule has 2 heterocycles. The summed E-state index contributed by atoms with van der Waals surface area (Å²) in [5.74, 6) is -1.73. The fourth-order valence-electron chi connectivity index (χ4n) is 2.53. The molecule has 0 saturated heterocycles. The van der Waals surface area contributed by atoms with Crippen LogP contribution in [0.2, 0.25) is 5.02 Å². The molecule has 0 saturated carbocycles. The van der Waals surface area contributed by atoms with Crippen molar-refractivity contribution < 1.29 is 13.9 Å². The number of aromatic amines is 1. The minimum absolute atomic E-state index is 0.0537. The predicted molar refractivity (Wildman–Crippen MR) is 98.0 cm³/mol. The van der Waals surface area contributed by atoms with E-state index >= 15 is 0 Å². The molecule has 5 nitrogen and oxygen atoms in total. The van der Waals surface area contributed by atoms with Gasteiger partial charge < -0.3 is 9.72 Å². The van der Waals surface area contributed by atoms with E-state index in [1.165, 1.54) is 18.3 Å². The highest BCUT2D eigenvalue weighted by molar-refractivity contribution is 6.34. The Balaban J connectivity index is 2.42. The minimum atomic E-state index is -0.684. The molecule has 0 atom stereocenters. The third-order valence-corrected chi connectivity index (χ3v) is 4.43. The van der Waals surface area contributed by atoms with Crippen LogP contribution in [-0.2, 0) is 4.79 Å². The summed E-state index contributed by atoms with van der Waals surface area (Å²) in [5, 5.41) is 0.466. The van der Waals surface area contributed by atoms with Gasteiger partial charge in [-0.2, -0.15) is 0 Å². The van der Waals surface area contributed by atoms with Crippen LogP contribution in [0.3, 0.4) is 0 Å². The number of benzene rings is 1. The molecule has 2 aromatic heterocycles. The van der Waals surface area contributed by atoms with Gasteiger partial charge in [-0.05, 0) is 30.7 Å². The Bertz CT molecular complexity index is 1080. The number of esters is 1. The lowest BCUT2D eigenvalue weighted by Crippen LogP contribution is -2.19. The largest absolute Gasteiger partial charge is 0.425 e. The molecular formula is C19H16ClFN2O3. The zero-order valence-electron chi connectivity index (χ0n) is 14.4. The summed E-state index contributed by atoms with van der Waals surface area (Å²) < 4.78 is 20.1. The first-order valence-electron chi connectivity index (χ1n) is 7.99. The van der Waals surface area contributed by atoms with Crippen LogP contribution in [-0.4, -0.2) is 15.9 Å². The second kappa shape index (κ2) is 6.88.